The molecule has 1 aromatic rings. The summed E-state index contributed by atoms with van der Waals surface area (Å²) in [5.41, 5.74) is 0.310. The van der Waals surface area contributed by atoms with Crippen molar-refractivity contribution in [2.24, 2.45) is 0 Å². The second kappa shape index (κ2) is 7.63. The molecule has 2 amide bonds. The molecule has 0 unspecified atom stereocenters. The molecular formula is C18H26N2O5. The predicted octanol–water partition coefficient (Wildman–Crippen LogP) is 2.33. The van der Waals surface area contributed by atoms with E-state index in [1.165, 1.54) is 0 Å². The van der Waals surface area contributed by atoms with Crippen LogP contribution in [0.1, 0.15) is 32.8 Å². The van der Waals surface area contributed by atoms with Crippen molar-refractivity contribution in [2.45, 2.75) is 45.4 Å². The molecule has 1 aliphatic rings. The Balaban J connectivity index is 1.99. The molecule has 0 saturated carbocycles. The summed E-state index contributed by atoms with van der Waals surface area (Å²) < 4.78 is 15.7. The number of carbonyl (C=O) groups excluding carboxylic acids is 2. The minimum absolute atomic E-state index is 0.118. The van der Waals surface area contributed by atoms with E-state index in [1.807, 2.05) is 12.1 Å². The molecule has 1 heterocycles. The smallest absolute Gasteiger partial charge is 0.408 e. The van der Waals surface area contributed by atoms with Crippen LogP contribution in [0.5, 0.6) is 11.5 Å². The maximum absolute atomic E-state index is 12.5. The Labute approximate surface area is 148 Å². The Morgan fingerprint density at radius 2 is 1.80 bits per heavy atom. The van der Waals surface area contributed by atoms with E-state index >= 15 is 0 Å². The third-order valence-corrected chi connectivity index (χ3v) is 3.77. The van der Waals surface area contributed by atoms with Crippen molar-refractivity contribution < 1.29 is 23.8 Å². The van der Waals surface area contributed by atoms with Crippen molar-refractivity contribution in [3.8, 4) is 11.5 Å². The first-order chi connectivity index (χ1) is 11.7. The van der Waals surface area contributed by atoms with E-state index in [0.29, 0.717) is 31.0 Å². The molecule has 1 N–H and O–H groups in total. The molecule has 1 saturated heterocycles. The van der Waals surface area contributed by atoms with Crippen molar-refractivity contribution in [1.29, 1.82) is 0 Å². The number of methoxy groups -OCH3 is 2. The van der Waals surface area contributed by atoms with E-state index in [-0.39, 0.29) is 5.91 Å². The molecule has 7 nitrogen and oxygen atoms in total. The standard InChI is InChI=1S/C18H26N2O5/c1-18(2,3)25-17(22)19-15-6-7-20(16(15)21)11-12-8-13(23-4)10-14(9-12)24-5/h8-10,15H,6-7,11H2,1-5H3,(H,19,22)/t15-/m0/s1. The van der Waals surface area contributed by atoms with Gasteiger partial charge in [0.1, 0.15) is 23.1 Å². The summed E-state index contributed by atoms with van der Waals surface area (Å²) in [5, 5.41) is 2.64. The van der Waals surface area contributed by atoms with Crippen LogP contribution in [0, 0.1) is 0 Å². The lowest BCUT2D eigenvalue weighted by molar-refractivity contribution is -0.129. The van der Waals surface area contributed by atoms with Gasteiger partial charge >= 0.3 is 6.09 Å². The molecule has 25 heavy (non-hydrogen) atoms. The average molecular weight is 350 g/mol. The first-order valence-electron chi connectivity index (χ1n) is 8.22. The van der Waals surface area contributed by atoms with Gasteiger partial charge in [-0.2, -0.15) is 0 Å². The largest absolute Gasteiger partial charge is 0.497 e. The number of alkyl carbamates (subject to hydrolysis) is 1. The number of amides is 2. The van der Waals surface area contributed by atoms with Gasteiger partial charge in [-0.3, -0.25) is 4.79 Å². The molecule has 0 aromatic heterocycles. The average Bonchev–Trinajstić information content (AvgIpc) is 2.85. The van der Waals surface area contributed by atoms with Crippen molar-refractivity contribution in [2.75, 3.05) is 20.8 Å². The number of nitrogens with zero attached hydrogens (tertiary/aromatic N) is 1. The van der Waals surface area contributed by atoms with Crippen molar-refractivity contribution in [3.63, 3.8) is 0 Å². The monoisotopic (exact) mass is 350 g/mol. The number of carbonyl (C=O) groups is 2. The van der Waals surface area contributed by atoms with Crippen LogP contribution in [-0.4, -0.2) is 49.3 Å². The SMILES string of the molecule is COc1cc(CN2CC[C@H](NC(=O)OC(C)(C)C)C2=O)cc(OC)c1. The molecule has 1 fully saturated rings. The molecule has 7 heteroatoms. The minimum atomic E-state index is -0.595. The van der Waals surface area contributed by atoms with Crippen LogP contribution >= 0.6 is 0 Å². The van der Waals surface area contributed by atoms with E-state index < -0.39 is 17.7 Å². The number of benzene rings is 1. The van der Waals surface area contributed by atoms with Crippen molar-refractivity contribution in [1.82, 2.24) is 10.2 Å². The summed E-state index contributed by atoms with van der Waals surface area (Å²) in [7, 11) is 3.17. The fourth-order valence-corrected chi connectivity index (χ4v) is 2.66. The van der Waals surface area contributed by atoms with Crippen LogP contribution in [0.3, 0.4) is 0 Å². The highest BCUT2D eigenvalue weighted by Crippen LogP contribution is 2.25. The highest BCUT2D eigenvalue weighted by Gasteiger charge is 2.33. The maximum atomic E-state index is 12.5. The molecule has 1 atom stereocenters. The Kier molecular flexibility index (Phi) is 5.77. The number of rotatable bonds is 5. The Bertz CT molecular complexity index is 617. The van der Waals surface area contributed by atoms with Gasteiger partial charge in [-0.25, -0.2) is 4.79 Å². The number of hydrogen-bond donors (Lipinski definition) is 1. The molecule has 1 aromatic carbocycles. The highest BCUT2D eigenvalue weighted by molar-refractivity contribution is 5.87. The number of hydrogen-bond acceptors (Lipinski definition) is 5. The van der Waals surface area contributed by atoms with Gasteiger partial charge in [0, 0.05) is 19.2 Å². The first-order valence-corrected chi connectivity index (χ1v) is 8.22. The summed E-state index contributed by atoms with van der Waals surface area (Å²) in [6, 6.07) is 4.96. The molecule has 2 rings (SSSR count). The highest BCUT2D eigenvalue weighted by atomic mass is 16.6. The zero-order valence-corrected chi connectivity index (χ0v) is 15.4. The second-order valence-electron chi connectivity index (χ2n) is 6.97. The van der Waals surface area contributed by atoms with E-state index in [4.69, 9.17) is 14.2 Å². The van der Waals surface area contributed by atoms with Crippen LogP contribution in [0.2, 0.25) is 0 Å². The van der Waals surface area contributed by atoms with Gasteiger partial charge in [-0.1, -0.05) is 0 Å². The molecule has 0 radical (unpaired) electrons. The van der Waals surface area contributed by atoms with Gasteiger partial charge in [0.25, 0.3) is 0 Å². The summed E-state index contributed by atoms with van der Waals surface area (Å²) in [5.74, 6) is 1.22. The van der Waals surface area contributed by atoms with Crippen molar-refractivity contribution >= 4 is 12.0 Å². The molecule has 138 valence electrons. The lowest BCUT2D eigenvalue weighted by atomic mass is 10.2. The van der Waals surface area contributed by atoms with Crippen LogP contribution in [0.15, 0.2) is 18.2 Å². The number of ether oxygens (including phenoxy) is 3. The molecular weight excluding hydrogens is 324 g/mol. The summed E-state index contributed by atoms with van der Waals surface area (Å²) in [6.45, 7) is 6.35. The zero-order chi connectivity index (χ0) is 18.6. The lowest BCUT2D eigenvalue weighted by Gasteiger charge is -2.22. The van der Waals surface area contributed by atoms with Gasteiger partial charge in [0.2, 0.25) is 5.91 Å². The molecule has 0 aliphatic carbocycles. The van der Waals surface area contributed by atoms with Crippen LogP contribution in [0.25, 0.3) is 0 Å². The fraction of sp³-hybridized carbons (Fsp3) is 0.556. The van der Waals surface area contributed by atoms with E-state index in [1.54, 1.807) is 46.0 Å². The molecule has 1 aliphatic heterocycles. The maximum Gasteiger partial charge on any atom is 0.408 e. The Hall–Kier alpha value is -2.44. The van der Waals surface area contributed by atoms with Crippen molar-refractivity contribution in [3.05, 3.63) is 23.8 Å². The summed E-state index contributed by atoms with van der Waals surface area (Å²) in [6.07, 6.45) is -0.0186. The van der Waals surface area contributed by atoms with Gasteiger partial charge in [-0.05, 0) is 44.9 Å². The summed E-state index contributed by atoms with van der Waals surface area (Å²) >= 11 is 0. The van der Waals surface area contributed by atoms with Gasteiger partial charge in [0.05, 0.1) is 14.2 Å². The van der Waals surface area contributed by atoms with Gasteiger partial charge in [-0.15, -0.1) is 0 Å². The Morgan fingerprint density at radius 3 is 2.32 bits per heavy atom. The van der Waals surface area contributed by atoms with Gasteiger partial charge in [0.15, 0.2) is 0 Å². The molecule has 0 spiro atoms. The normalized spacial score (nSPS) is 17.4. The Morgan fingerprint density at radius 1 is 1.20 bits per heavy atom. The molecule has 0 bridgehead atoms. The fourth-order valence-electron chi connectivity index (χ4n) is 2.66. The second-order valence-corrected chi connectivity index (χ2v) is 6.97. The van der Waals surface area contributed by atoms with Crippen LogP contribution < -0.4 is 14.8 Å². The van der Waals surface area contributed by atoms with E-state index in [2.05, 4.69) is 5.32 Å². The van der Waals surface area contributed by atoms with E-state index in [9.17, 15) is 9.59 Å². The van der Waals surface area contributed by atoms with Crippen LogP contribution in [-0.2, 0) is 16.1 Å². The van der Waals surface area contributed by atoms with E-state index in [0.717, 1.165) is 5.56 Å². The quantitative estimate of drug-likeness (QED) is 0.882. The third-order valence-electron chi connectivity index (χ3n) is 3.77. The first kappa shape index (κ1) is 18.9. The van der Waals surface area contributed by atoms with Gasteiger partial charge < -0.3 is 24.4 Å². The topological polar surface area (TPSA) is 77.1 Å². The third kappa shape index (κ3) is 5.27. The van der Waals surface area contributed by atoms with Crippen LogP contribution in [0.4, 0.5) is 4.79 Å². The lowest BCUT2D eigenvalue weighted by Crippen LogP contribution is -2.43. The summed E-state index contributed by atoms with van der Waals surface area (Å²) in [4.78, 5) is 26.1. The zero-order valence-electron chi connectivity index (χ0n) is 15.4. The minimum Gasteiger partial charge on any atom is -0.497 e. The number of likely N-dealkylation sites (tertiary alicyclic amines) is 1. The predicted molar refractivity (Wildman–Crippen MR) is 92.7 cm³/mol. The number of nitrogens with one attached hydrogen (secondary N) is 1.